The highest BCUT2D eigenvalue weighted by atomic mass is 16.5. The third-order valence-corrected chi connectivity index (χ3v) is 4.06. The molecule has 116 valence electrons. The zero-order valence-electron chi connectivity index (χ0n) is 12.5. The van der Waals surface area contributed by atoms with Gasteiger partial charge in [-0.1, -0.05) is 27.2 Å². The van der Waals surface area contributed by atoms with Gasteiger partial charge < -0.3 is 20.5 Å². The zero-order chi connectivity index (χ0) is 15.3. The van der Waals surface area contributed by atoms with Crippen LogP contribution >= 0.6 is 0 Å². The monoisotopic (exact) mass is 286 g/mol. The van der Waals surface area contributed by atoms with Crippen molar-refractivity contribution >= 4 is 11.9 Å². The molecule has 0 bridgehead atoms. The Balaban J connectivity index is 2.87. The lowest BCUT2D eigenvalue weighted by Crippen LogP contribution is -2.54. The number of ether oxygens (including phenoxy) is 1. The van der Waals surface area contributed by atoms with Crippen LogP contribution in [-0.2, 0) is 14.3 Å². The van der Waals surface area contributed by atoms with E-state index in [9.17, 15) is 14.7 Å². The molecule has 1 heterocycles. The first-order valence-electron chi connectivity index (χ1n) is 7.30. The molecule has 0 aromatic carbocycles. The van der Waals surface area contributed by atoms with Gasteiger partial charge in [-0.25, -0.2) is 0 Å². The minimum absolute atomic E-state index is 0.0763. The molecule has 0 saturated carbocycles. The topological polar surface area (TPSA) is 92.9 Å². The quantitative estimate of drug-likeness (QED) is 0.718. The number of carbonyl (C=O) groups excluding carboxylic acids is 1. The Morgan fingerprint density at radius 3 is 2.55 bits per heavy atom. The van der Waals surface area contributed by atoms with Crippen molar-refractivity contribution in [1.82, 2.24) is 4.90 Å². The van der Waals surface area contributed by atoms with E-state index in [-0.39, 0.29) is 25.0 Å². The molecule has 3 N–H and O–H groups in total. The van der Waals surface area contributed by atoms with E-state index in [0.29, 0.717) is 6.54 Å². The molecule has 1 fully saturated rings. The van der Waals surface area contributed by atoms with Crippen LogP contribution in [-0.4, -0.2) is 53.7 Å². The Labute approximate surface area is 120 Å². The van der Waals surface area contributed by atoms with E-state index in [0.717, 1.165) is 12.8 Å². The highest BCUT2D eigenvalue weighted by Crippen LogP contribution is 2.22. The van der Waals surface area contributed by atoms with Crippen molar-refractivity contribution in [3.63, 3.8) is 0 Å². The maximum absolute atomic E-state index is 12.5. The molecular weight excluding hydrogens is 260 g/mol. The molecule has 1 aliphatic rings. The minimum Gasteiger partial charge on any atom is -0.481 e. The summed E-state index contributed by atoms with van der Waals surface area (Å²) in [6.07, 6.45) is 1.58. The number of rotatable bonds is 7. The first-order chi connectivity index (χ1) is 9.43. The molecule has 1 amide bonds. The number of carboxylic acid groups (broad SMARTS) is 1. The molecule has 1 saturated heterocycles. The molecule has 0 aliphatic carbocycles. The van der Waals surface area contributed by atoms with Crippen LogP contribution in [0.15, 0.2) is 0 Å². The van der Waals surface area contributed by atoms with Crippen LogP contribution in [0.2, 0.25) is 0 Å². The minimum atomic E-state index is -0.918. The van der Waals surface area contributed by atoms with Crippen molar-refractivity contribution in [1.29, 1.82) is 0 Å². The van der Waals surface area contributed by atoms with Gasteiger partial charge >= 0.3 is 5.97 Å². The number of amides is 1. The molecule has 6 heteroatoms. The zero-order valence-corrected chi connectivity index (χ0v) is 12.5. The van der Waals surface area contributed by atoms with Gasteiger partial charge in [-0.05, 0) is 12.3 Å². The second-order valence-corrected chi connectivity index (χ2v) is 5.49. The van der Waals surface area contributed by atoms with E-state index in [2.05, 4.69) is 0 Å². The summed E-state index contributed by atoms with van der Waals surface area (Å²) in [5, 5.41) is 9.23. The molecule has 4 atom stereocenters. The maximum Gasteiger partial charge on any atom is 0.311 e. The molecule has 1 aliphatic heterocycles. The second-order valence-electron chi connectivity index (χ2n) is 5.49. The third-order valence-electron chi connectivity index (χ3n) is 4.06. The molecule has 0 radical (unpaired) electrons. The van der Waals surface area contributed by atoms with Crippen LogP contribution < -0.4 is 5.73 Å². The molecule has 6 nitrogen and oxygen atoms in total. The molecule has 20 heavy (non-hydrogen) atoms. The van der Waals surface area contributed by atoms with Crippen LogP contribution in [0.4, 0.5) is 0 Å². The number of carboxylic acids is 1. The van der Waals surface area contributed by atoms with Gasteiger partial charge in [0.2, 0.25) is 5.91 Å². The Bertz CT molecular complexity index is 348. The fraction of sp³-hybridized carbons (Fsp3) is 0.857. The number of hydrogen-bond donors (Lipinski definition) is 2. The lowest BCUT2D eigenvalue weighted by molar-refractivity contribution is -0.145. The fourth-order valence-electron chi connectivity index (χ4n) is 2.46. The molecule has 4 unspecified atom stereocenters. The Morgan fingerprint density at radius 2 is 2.05 bits per heavy atom. The summed E-state index contributed by atoms with van der Waals surface area (Å²) in [6.45, 7) is 6.83. The third kappa shape index (κ3) is 3.70. The van der Waals surface area contributed by atoms with Crippen molar-refractivity contribution in [3.05, 3.63) is 0 Å². The van der Waals surface area contributed by atoms with Gasteiger partial charge in [0.05, 0.1) is 25.3 Å². The molecule has 0 spiro atoms. The summed E-state index contributed by atoms with van der Waals surface area (Å²) >= 11 is 0. The molecule has 0 aromatic rings. The summed E-state index contributed by atoms with van der Waals surface area (Å²) in [5.74, 6) is -1.66. The van der Waals surface area contributed by atoms with E-state index in [1.165, 1.54) is 0 Å². The number of nitrogens with two attached hydrogens (primary N) is 1. The van der Waals surface area contributed by atoms with Gasteiger partial charge in [0.15, 0.2) is 0 Å². The summed E-state index contributed by atoms with van der Waals surface area (Å²) in [6, 6.07) is -0.989. The molecule has 0 aromatic heterocycles. The van der Waals surface area contributed by atoms with Crippen molar-refractivity contribution in [2.75, 3.05) is 19.8 Å². The summed E-state index contributed by atoms with van der Waals surface area (Å²) in [4.78, 5) is 25.4. The average molecular weight is 286 g/mol. The lowest BCUT2D eigenvalue weighted by atomic mass is 9.96. The average Bonchev–Trinajstić information content (AvgIpc) is 2.91. The fourth-order valence-corrected chi connectivity index (χ4v) is 2.46. The predicted octanol–water partition coefficient (Wildman–Crippen LogP) is 0.698. The summed E-state index contributed by atoms with van der Waals surface area (Å²) in [7, 11) is 0. The summed E-state index contributed by atoms with van der Waals surface area (Å²) < 4.78 is 5.26. The van der Waals surface area contributed by atoms with Gasteiger partial charge in [0, 0.05) is 6.54 Å². The van der Waals surface area contributed by atoms with E-state index in [4.69, 9.17) is 10.5 Å². The predicted molar refractivity (Wildman–Crippen MR) is 75.2 cm³/mol. The lowest BCUT2D eigenvalue weighted by Gasteiger charge is -2.33. The van der Waals surface area contributed by atoms with Crippen LogP contribution in [0.25, 0.3) is 0 Å². The van der Waals surface area contributed by atoms with Gasteiger partial charge in [0.25, 0.3) is 0 Å². The largest absolute Gasteiger partial charge is 0.481 e. The van der Waals surface area contributed by atoms with E-state index >= 15 is 0 Å². The number of aliphatic carboxylic acids is 1. The van der Waals surface area contributed by atoms with Crippen molar-refractivity contribution < 1.29 is 19.4 Å². The Kier molecular flexibility index (Phi) is 6.42. The van der Waals surface area contributed by atoms with Crippen molar-refractivity contribution in [3.8, 4) is 0 Å². The van der Waals surface area contributed by atoms with Crippen LogP contribution in [0.5, 0.6) is 0 Å². The van der Waals surface area contributed by atoms with Gasteiger partial charge in [-0.15, -0.1) is 0 Å². The normalized spacial score (nSPS) is 25.2. The Morgan fingerprint density at radius 1 is 1.40 bits per heavy atom. The molecular formula is C14H26N2O4. The van der Waals surface area contributed by atoms with E-state index in [1.54, 1.807) is 4.90 Å². The van der Waals surface area contributed by atoms with E-state index < -0.39 is 24.0 Å². The number of carbonyl (C=O) groups is 2. The van der Waals surface area contributed by atoms with Crippen LogP contribution in [0.3, 0.4) is 0 Å². The standard InChI is InChI=1S/C14H26N2O4/c1-4-6-16(13(17)12(15)9(3)5-2)11-8-20-7-10(11)14(18)19/h9-12H,4-8,15H2,1-3H3,(H,18,19). The number of nitrogens with zero attached hydrogens (tertiary/aromatic N) is 1. The number of hydrogen-bond acceptors (Lipinski definition) is 4. The van der Waals surface area contributed by atoms with E-state index in [1.807, 2.05) is 20.8 Å². The molecule has 1 rings (SSSR count). The van der Waals surface area contributed by atoms with Crippen molar-refractivity contribution in [2.45, 2.75) is 45.7 Å². The highest BCUT2D eigenvalue weighted by molar-refractivity contribution is 5.83. The van der Waals surface area contributed by atoms with Crippen LogP contribution in [0.1, 0.15) is 33.6 Å². The van der Waals surface area contributed by atoms with Gasteiger partial charge in [0.1, 0.15) is 5.92 Å². The second kappa shape index (κ2) is 7.59. The highest BCUT2D eigenvalue weighted by Gasteiger charge is 2.41. The maximum atomic E-state index is 12.5. The van der Waals surface area contributed by atoms with Gasteiger partial charge in [-0.2, -0.15) is 0 Å². The first kappa shape index (κ1) is 16.9. The summed E-state index contributed by atoms with van der Waals surface area (Å²) in [5.41, 5.74) is 6.01. The van der Waals surface area contributed by atoms with Crippen molar-refractivity contribution in [2.24, 2.45) is 17.6 Å². The first-order valence-corrected chi connectivity index (χ1v) is 7.30. The van der Waals surface area contributed by atoms with Gasteiger partial charge in [-0.3, -0.25) is 9.59 Å². The smallest absolute Gasteiger partial charge is 0.311 e. The SMILES string of the molecule is CCCN(C(=O)C(N)C(C)CC)C1COCC1C(=O)O. The van der Waals surface area contributed by atoms with Crippen LogP contribution in [0, 0.1) is 11.8 Å². The Hall–Kier alpha value is -1.14.